The van der Waals surface area contributed by atoms with Gasteiger partial charge in [-0.1, -0.05) is 12.1 Å². The number of hydrogen-bond acceptors (Lipinski definition) is 5. The Kier molecular flexibility index (Phi) is 7.04. The van der Waals surface area contributed by atoms with Gasteiger partial charge in [-0.2, -0.15) is 0 Å². The zero-order valence-electron chi connectivity index (χ0n) is 10.9. The van der Waals surface area contributed by atoms with Crippen molar-refractivity contribution < 1.29 is 23.9 Å². The van der Waals surface area contributed by atoms with Gasteiger partial charge in [0, 0.05) is 0 Å². The number of carbonyl (C=O) groups excluding carboxylic acids is 3. The topological polar surface area (TPSA) is 69.7 Å². The molecule has 5 nitrogen and oxygen atoms in total. The van der Waals surface area contributed by atoms with Crippen LogP contribution in [0.4, 0.5) is 0 Å². The lowest BCUT2D eigenvalue weighted by Gasteiger charge is -2.04. The van der Waals surface area contributed by atoms with Crippen molar-refractivity contribution in [1.29, 1.82) is 0 Å². The zero-order valence-corrected chi connectivity index (χ0v) is 10.9. The number of ether oxygens (including phenoxy) is 2. The molecule has 5 heteroatoms. The Hall–Kier alpha value is -2.17. The molecule has 0 unspecified atom stereocenters. The van der Waals surface area contributed by atoms with Gasteiger partial charge >= 0.3 is 11.9 Å². The highest BCUT2D eigenvalue weighted by Crippen LogP contribution is 2.10. The maximum absolute atomic E-state index is 11.2. The second kappa shape index (κ2) is 8.00. The zero-order chi connectivity index (χ0) is 14.1. The minimum Gasteiger partial charge on any atom is -0.465 e. The predicted octanol–water partition coefficient (Wildman–Crippen LogP) is 1.86. The summed E-state index contributed by atoms with van der Waals surface area (Å²) in [5, 5.41) is 0. The first kappa shape index (κ1) is 15.8. The average Bonchev–Trinajstić information content (AvgIpc) is 2.36. The van der Waals surface area contributed by atoms with E-state index in [1.807, 2.05) is 0 Å². The van der Waals surface area contributed by atoms with Gasteiger partial charge in [-0.25, -0.2) is 9.59 Å². The molecule has 98 valence electrons. The van der Waals surface area contributed by atoms with E-state index in [0.717, 1.165) is 0 Å². The molecule has 0 aliphatic carbocycles. The Morgan fingerprint density at radius 3 is 1.33 bits per heavy atom. The van der Waals surface area contributed by atoms with Crippen molar-refractivity contribution in [1.82, 2.24) is 0 Å². The Bertz CT molecular complexity index is 398. The fourth-order valence-corrected chi connectivity index (χ4v) is 1.06. The highest BCUT2D eigenvalue weighted by Gasteiger charge is 2.16. The van der Waals surface area contributed by atoms with E-state index in [-0.39, 0.29) is 16.9 Å². The first-order chi connectivity index (χ1) is 8.43. The average molecular weight is 252 g/mol. The summed E-state index contributed by atoms with van der Waals surface area (Å²) in [7, 11) is 2.52. The van der Waals surface area contributed by atoms with Crippen LogP contribution in [0.15, 0.2) is 24.3 Å². The van der Waals surface area contributed by atoms with Crippen molar-refractivity contribution in [2.75, 3.05) is 14.2 Å². The van der Waals surface area contributed by atoms with Crippen LogP contribution in [-0.2, 0) is 14.3 Å². The predicted molar refractivity (Wildman–Crippen MR) is 65.5 cm³/mol. The molecule has 1 aromatic rings. The fourth-order valence-electron chi connectivity index (χ4n) is 1.06. The number of ketones is 1. The Morgan fingerprint density at radius 2 is 1.11 bits per heavy atom. The fraction of sp³-hybridized carbons (Fsp3) is 0.308. The third-order valence-electron chi connectivity index (χ3n) is 1.74. The number of benzene rings is 1. The largest absolute Gasteiger partial charge is 0.465 e. The van der Waals surface area contributed by atoms with Gasteiger partial charge in [0.25, 0.3) is 0 Å². The summed E-state index contributed by atoms with van der Waals surface area (Å²) in [6.45, 7) is 3.06. The molecule has 0 N–H and O–H groups in total. The third-order valence-corrected chi connectivity index (χ3v) is 1.74. The van der Waals surface area contributed by atoms with Gasteiger partial charge in [0.1, 0.15) is 5.78 Å². The molecule has 18 heavy (non-hydrogen) atoms. The van der Waals surface area contributed by atoms with E-state index in [0.29, 0.717) is 0 Å². The number of hydrogen-bond donors (Lipinski definition) is 0. The normalized spacial score (nSPS) is 8.67. The van der Waals surface area contributed by atoms with Crippen molar-refractivity contribution in [2.24, 2.45) is 0 Å². The number of rotatable bonds is 2. The standard InChI is InChI=1S/C10H10O4.C3H6O/c1-13-9(11)7-5-3-4-6-8(7)10(12)14-2;1-3(2)4/h3-6H,1-2H3;1-2H3. The molecule has 1 aromatic carbocycles. The van der Waals surface area contributed by atoms with Crippen LogP contribution in [0.2, 0.25) is 0 Å². The summed E-state index contributed by atoms with van der Waals surface area (Å²) >= 11 is 0. The molecule has 0 aliphatic heterocycles. The molecular weight excluding hydrogens is 236 g/mol. The van der Waals surface area contributed by atoms with Crippen molar-refractivity contribution in [3.8, 4) is 0 Å². The lowest BCUT2D eigenvalue weighted by Crippen LogP contribution is -2.11. The molecule has 0 saturated heterocycles. The van der Waals surface area contributed by atoms with Gasteiger partial charge < -0.3 is 14.3 Å². The smallest absolute Gasteiger partial charge is 0.338 e. The molecule has 0 saturated carbocycles. The molecule has 0 aromatic heterocycles. The van der Waals surface area contributed by atoms with E-state index in [1.165, 1.54) is 40.2 Å². The minimum absolute atomic E-state index is 0.167. The van der Waals surface area contributed by atoms with Gasteiger partial charge in [0.2, 0.25) is 0 Å². The molecule has 1 rings (SSSR count). The number of esters is 2. The second-order valence-corrected chi connectivity index (χ2v) is 3.44. The Morgan fingerprint density at radius 1 is 0.833 bits per heavy atom. The quantitative estimate of drug-likeness (QED) is 0.751. The SMILES string of the molecule is CC(C)=O.COC(=O)c1ccccc1C(=O)OC. The summed E-state index contributed by atoms with van der Waals surface area (Å²) in [5.41, 5.74) is 0.420. The van der Waals surface area contributed by atoms with Gasteiger partial charge in [-0.05, 0) is 26.0 Å². The van der Waals surface area contributed by atoms with Crippen molar-refractivity contribution in [3.05, 3.63) is 35.4 Å². The summed E-state index contributed by atoms with van der Waals surface area (Å²) in [6.07, 6.45) is 0. The highest BCUT2D eigenvalue weighted by molar-refractivity contribution is 6.02. The van der Waals surface area contributed by atoms with Crippen LogP contribution >= 0.6 is 0 Å². The van der Waals surface area contributed by atoms with Gasteiger partial charge in [0.05, 0.1) is 25.3 Å². The highest BCUT2D eigenvalue weighted by atomic mass is 16.5. The minimum atomic E-state index is -0.550. The molecule has 0 radical (unpaired) electrons. The van der Waals surface area contributed by atoms with Crippen LogP contribution in [0.1, 0.15) is 34.6 Å². The monoisotopic (exact) mass is 252 g/mol. The summed E-state index contributed by atoms with van der Waals surface area (Å²) in [5.74, 6) is -0.933. The molecule has 0 heterocycles. The van der Waals surface area contributed by atoms with Crippen molar-refractivity contribution in [2.45, 2.75) is 13.8 Å². The molecule has 0 aliphatic rings. The van der Waals surface area contributed by atoms with Crippen LogP contribution in [0.5, 0.6) is 0 Å². The Balaban J connectivity index is 0.000000631. The van der Waals surface area contributed by atoms with Gasteiger partial charge in [0.15, 0.2) is 0 Å². The van der Waals surface area contributed by atoms with Crippen LogP contribution in [0.25, 0.3) is 0 Å². The molecule has 0 atom stereocenters. The van der Waals surface area contributed by atoms with Crippen LogP contribution in [-0.4, -0.2) is 31.9 Å². The van der Waals surface area contributed by atoms with Gasteiger partial charge in [-0.15, -0.1) is 0 Å². The van der Waals surface area contributed by atoms with Crippen LogP contribution < -0.4 is 0 Å². The molecule has 0 spiro atoms. The third kappa shape index (κ3) is 5.25. The second-order valence-electron chi connectivity index (χ2n) is 3.44. The van der Waals surface area contributed by atoms with E-state index in [1.54, 1.807) is 12.1 Å². The van der Waals surface area contributed by atoms with E-state index >= 15 is 0 Å². The lowest BCUT2D eigenvalue weighted by molar-refractivity contribution is -0.115. The summed E-state index contributed by atoms with van der Waals surface area (Å²) in [4.78, 5) is 31.9. The maximum Gasteiger partial charge on any atom is 0.338 e. The number of carbonyl (C=O) groups is 3. The molecule has 0 fully saturated rings. The van der Waals surface area contributed by atoms with Crippen LogP contribution in [0.3, 0.4) is 0 Å². The van der Waals surface area contributed by atoms with Crippen LogP contribution in [0, 0.1) is 0 Å². The first-order valence-electron chi connectivity index (χ1n) is 5.16. The Labute approximate surface area is 106 Å². The van der Waals surface area contributed by atoms with Crippen molar-refractivity contribution in [3.63, 3.8) is 0 Å². The van der Waals surface area contributed by atoms with E-state index in [2.05, 4.69) is 9.47 Å². The van der Waals surface area contributed by atoms with Gasteiger partial charge in [-0.3, -0.25) is 0 Å². The molecular formula is C13H16O5. The van der Waals surface area contributed by atoms with E-state index in [9.17, 15) is 14.4 Å². The van der Waals surface area contributed by atoms with E-state index < -0.39 is 11.9 Å². The van der Waals surface area contributed by atoms with Crippen molar-refractivity contribution >= 4 is 17.7 Å². The molecule has 0 amide bonds. The van der Waals surface area contributed by atoms with E-state index in [4.69, 9.17) is 0 Å². The lowest BCUT2D eigenvalue weighted by atomic mass is 10.1. The summed E-state index contributed by atoms with van der Waals surface area (Å²) < 4.78 is 9.05. The molecule has 0 bridgehead atoms. The number of Topliss-reactive ketones (excluding diaryl/α,β-unsaturated/α-hetero) is 1. The summed E-state index contributed by atoms with van der Waals surface area (Å²) in [6, 6.07) is 6.33. The maximum atomic E-state index is 11.2. The first-order valence-corrected chi connectivity index (χ1v) is 5.16. The number of methoxy groups -OCH3 is 2.